The molecule has 3 aromatic rings. The molecule has 0 saturated carbocycles. The molecule has 0 radical (unpaired) electrons. The predicted octanol–water partition coefficient (Wildman–Crippen LogP) is 6.65. The number of aryl methyl sites for hydroxylation is 1. The van der Waals surface area contributed by atoms with Gasteiger partial charge in [-0.25, -0.2) is 4.68 Å². The molecule has 6 nitrogen and oxygen atoms in total. The second-order valence-corrected chi connectivity index (χ2v) is 10.5. The summed E-state index contributed by atoms with van der Waals surface area (Å²) in [5.74, 6) is 0.815. The molecular formula is C29H33N3O3S2. The maximum atomic E-state index is 13.2. The molecular weight excluding hydrogens is 502 g/mol. The van der Waals surface area contributed by atoms with Crippen LogP contribution >= 0.6 is 24.0 Å². The molecule has 1 saturated heterocycles. The number of carbonyl (C=O) groups excluding carboxylic acids is 1. The maximum absolute atomic E-state index is 13.2. The number of thiocarbonyl (C=S) groups is 1. The smallest absolute Gasteiger partial charge is 0.266 e. The molecule has 194 valence electrons. The van der Waals surface area contributed by atoms with E-state index in [0.717, 1.165) is 53.1 Å². The molecule has 2 aromatic carbocycles. The number of nitrogens with zero attached hydrogens (tertiary/aromatic N) is 3. The van der Waals surface area contributed by atoms with Crippen molar-refractivity contribution in [1.29, 1.82) is 0 Å². The summed E-state index contributed by atoms with van der Waals surface area (Å²) in [6.45, 7) is 8.69. The average molecular weight is 536 g/mol. The number of hydrogen-bond acceptors (Lipinski definition) is 6. The highest BCUT2D eigenvalue weighted by molar-refractivity contribution is 8.26. The number of benzene rings is 2. The van der Waals surface area contributed by atoms with Crippen molar-refractivity contribution in [3.63, 3.8) is 0 Å². The van der Waals surface area contributed by atoms with Gasteiger partial charge in [0, 0.05) is 37.1 Å². The first-order valence-electron chi connectivity index (χ1n) is 12.7. The molecule has 0 N–H and O–H groups in total. The fourth-order valence-corrected chi connectivity index (χ4v) is 5.32. The fourth-order valence-electron chi connectivity index (χ4n) is 4.02. The Kier molecular flexibility index (Phi) is 9.55. The van der Waals surface area contributed by atoms with Gasteiger partial charge in [-0.15, -0.1) is 0 Å². The lowest BCUT2D eigenvalue weighted by atomic mass is 10.0. The Morgan fingerprint density at radius 1 is 1.08 bits per heavy atom. The summed E-state index contributed by atoms with van der Waals surface area (Å²) < 4.78 is 13.8. The predicted molar refractivity (Wildman–Crippen MR) is 155 cm³/mol. The van der Waals surface area contributed by atoms with Gasteiger partial charge in [-0.2, -0.15) is 5.10 Å². The second-order valence-electron chi connectivity index (χ2n) is 8.78. The summed E-state index contributed by atoms with van der Waals surface area (Å²) in [6, 6.07) is 16.1. The first-order chi connectivity index (χ1) is 18.0. The molecule has 37 heavy (non-hydrogen) atoms. The molecule has 0 atom stereocenters. The van der Waals surface area contributed by atoms with Gasteiger partial charge in [0.15, 0.2) is 0 Å². The van der Waals surface area contributed by atoms with E-state index in [1.807, 2.05) is 73.3 Å². The van der Waals surface area contributed by atoms with Crippen LogP contribution in [0.1, 0.15) is 44.2 Å². The Balaban J connectivity index is 1.66. The van der Waals surface area contributed by atoms with Crippen molar-refractivity contribution in [1.82, 2.24) is 14.7 Å². The second kappa shape index (κ2) is 13.0. The van der Waals surface area contributed by atoms with Crippen molar-refractivity contribution in [3.05, 3.63) is 70.8 Å². The van der Waals surface area contributed by atoms with E-state index in [1.54, 1.807) is 4.90 Å². The molecule has 0 aliphatic carbocycles. The number of amides is 1. The van der Waals surface area contributed by atoms with Gasteiger partial charge in [-0.3, -0.25) is 9.69 Å². The largest absolute Gasteiger partial charge is 0.493 e. The molecule has 1 aliphatic rings. The van der Waals surface area contributed by atoms with Crippen molar-refractivity contribution in [3.8, 4) is 22.7 Å². The highest BCUT2D eigenvalue weighted by Gasteiger charge is 2.32. The van der Waals surface area contributed by atoms with Gasteiger partial charge in [-0.05, 0) is 68.7 Å². The van der Waals surface area contributed by atoms with E-state index in [0.29, 0.717) is 35.6 Å². The van der Waals surface area contributed by atoms with Crippen LogP contribution in [0.4, 0.5) is 0 Å². The lowest BCUT2D eigenvalue weighted by molar-refractivity contribution is -0.122. The Labute approximate surface area is 228 Å². The lowest BCUT2D eigenvalue weighted by Crippen LogP contribution is -2.29. The van der Waals surface area contributed by atoms with E-state index in [4.69, 9.17) is 26.8 Å². The third-order valence-electron chi connectivity index (χ3n) is 6.00. The number of rotatable bonds is 12. The van der Waals surface area contributed by atoms with Crippen molar-refractivity contribution >= 4 is 40.3 Å². The number of hydrogen-bond donors (Lipinski definition) is 0. The number of para-hydroxylation sites is 1. The van der Waals surface area contributed by atoms with Gasteiger partial charge in [0.25, 0.3) is 5.91 Å². The first kappa shape index (κ1) is 27.1. The zero-order chi connectivity index (χ0) is 26.2. The van der Waals surface area contributed by atoms with Crippen LogP contribution in [-0.4, -0.2) is 51.3 Å². The highest BCUT2D eigenvalue weighted by Crippen LogP contribution is 2.35. The van der Waals surface area contributed by atoms with E-state index in [2.05, 4.69) is 13.0 Å². The number of unbranched alkanes of at least 4 members (excludes halogenated alkanes) is 1. The van der Waals surface area contributed by atoms with Crippen LogP contribution in [0, 0.1) is 6.92 Å². The quantitative estimate of drug-likeness (QED) is 0.147. The molecule has 1 aromatic heterocycles. The van der Waals surface area contributed by atoms with Gasteiger partial charge in [0.05, 0.1) is 17.2 Å². The minimum atomic E-state index is -0.0687. The van der Waals surface area contributed by atoms with Gasteiger partial charge in [-0.1, -0.05) is 55.5 Å². The van der Waals surface area contributed by atoms with Gasteiger partial charge >= 0.3 is 0 Å². The summed E-state index contributed by atoms with van der Waals surface area (Å²) in [5.41, 5.74) is 4.62. The molecule has 8 heteroatoms. The average Bonchev–Trinajstić information content (AvgIpc) is 3.44. The molecule has 1 amide bonds. The van der Waals surface area contributed by atoms with E-state index < -0.39 is 0 Å². The summed E-state index contributed by atoms with van der Waals surface area (Å²) in [6.07, 6.45) is 6.74. The summed E-state index contributed by atoms with van der Waals surface area (Å²) in [7, 11) is 0. The Hall–Kier alpha value is -2.94. The van der Waals surface area contributed by atoms with Crippen molar-refractivity contribution in [2.24, 2.45) is 0 Å². The van der Waals surface area contributed by atoms with Crippen LogP contribution in [0.15, 0.2) is 59.6 Å². The van der Waals surface area contributed by atoms with Crippen LogP contribution in [-0.2, 0) is 9.53 Å². The third-order valence-corrected chi connectivity index (χ3v) is 7.38. The van der Waals surface area contributed by atoms with Crippen molar-refractivity contribution in [2.75, 3.05) is 26.4 Å². The van der Waals surface area contributed by atoms with Crippen LogP contribution < -0.4 is 4.74 Å². The van der Waals surface area contributed by atoms with Crippen LogP contribution in [0.5, 0.6) is 5.75 Å². The topological polar surface area (TPSA) is 56.6 Å². The lowest BCUT2D eigenvalue weighted by Gasteiger charge is -2.13. The molecule has 2 heterocycles. The summed E-state index contributed by atoms with van der Waals surface area (Å²) in [4.78, 5) is 15.5. The van der Waals surface area contributed by atoms with Crippen LogP contribution in [0.25, 0.3) is 23.0 Å². The van der Waals surface area contributed by atoms with Crippen molar-refractivity contribution < 1.29 is 14.3 Å². The first-order valence-corrected chi connectivity index (χ1v) is 14.0. The minimum Gasteiger partial charge on any atom is -0.493 e. The molecule has 0 bridgehead atoms. The monoisotopic (exact) mass is 535 g/mol. The summed E-state index contributed by atoms with van der Waals surface area (Å²) in [5, 5.41) is 4.92. The number of aromatic nitrogens is 2. The molecule has 0 unspecified atom stereocenters. The van der Waals surface area contributed by atoms with Gasteiger partial charge in [0.2, 0.25) is 0 Å². The fraction of sp³-hybridized carbons (Fsp3) is 0.345. The zero-order valence-corrected chi connectivity index (χ0v) is 23.2. The minimum absolute atomic E-state index is 0.0687. The highest BCUT2D eigenvalue weighted by atomic mass is 32.2. The normalized spacial score (nSPS) is 14.7. The summed E-state index contributed by atoms with van der Waals surface area (Å²) >= 11 is 6.86. The number of thioether (sulfide) groups is 1. The standard InChI is InChI=1S/C29H33N3O3S2/c1-4-6-17-35-25-14-13-22(18-21(25)3)27-23(20-32(30-27)24-11-8-7-9-12-24)19-26-28(33)31(29(36)37-26)15-10-16-34-5-2/h7-9,11-14,18-20H,4-6,10,15-17H2,1-3H3. The van der Waals surface area contributed by atoms with Crippen LogP contribution in [0.3, 0.4) is 0 Å². The SMILES string of the molecule is CCCCOc1ccc(-c2nn(-c3ccccc3)cc2C=C2SC(=S)N(CCCOCC)C2=O)cc1C. The number of carbonyl (C=O) groups is 1. The van der Waals surface area contributed by atoms with Gasteiger partial charge < -0.3 is 9.47 Å². The van der Waals surface area contributed by atoms with Crippen LogP contribution in [0.2, 0.25) is 0 Å². The molecule has 1 fully saturated rings. The zero-order valence-electron chi connectivity index (χ0n) is 21.6. The molecule has 0 spiro atoms. The molecule has 1 aliphatic heterocycles. The Morgan fingerprint density at radius 3 is 2.62 bits per heavy atom. The van der Waals surface area contributed by atoms with Gasteiger partial charge in [0.1, 0.15) is 15.8 Å². The third kappa shape index (κ3) is 6.69. The molecule has 4 rings (SSSR count). The van der Waals surface area contributed by atoms with E-state index >= 15 is 0 Å². The Morgan fingerprint density at radius 2 is 1.89 bits per heavy atom. The van der Waals surface area contributed by atoms with E-state index in [-0.39, 0.29) is 5.91 Å². The number of ether oxygens (including phenoxy) is 2. The Bertz CT molecular complexity index is 1270. The van der Waals surface area contributed by atoms with Crippen molar-refractivity contribution in [2.45, 2.75) is 40.0 Å². The van der Waals surface area contributed by atoms with E-state index in [9.17, 15) is 4.79 Å². The van der Waals surface area contributed by atoms with E-state index in [1.165, 1.54) is 11.8 Å². The maximum Gasteiger partial charge on any atom is 0.266 e.